The highest BCUT2D eigenvalue weighted by Crippen LogP contribution is 2.34. The van der Waals surface area contributed by atoms with Gasteiger partial charge in [-0.3, -0.25) is 4.79 Å². The summed E-state index contributed by atoms with van der Waals surface area (Å²) in [6.45, 7) is 7.63. The van der Waals surface area contributed by atoms with Gasteiger partial charge in [0.25, 0.3) is 0 Å². The van der Waals surface area contributed by atoms with E-state index in [1.807, 2.05) is 42.2 Å². The van der Waals surface area contributed by atoms with Crippen molar-refractivity contribution in [3.63, 3.8) is 0 Å². The minimum absolute atomic E-state index is 0.0167. The van der Waals surface area contributed by atoms with Crippen molar-refractivity contribution in [2.75, 3.05) is 32.8 Å². The zero-order chi connectivity index (χ0) is 21.3. The van der Waals surface area contributed by atoms with Crippen molar-refractivity contribution in [1.82, 2.24) is 15.1 Å². The van der Waals surface area contributed by atoms with Crippen LogP contribution < -0.4 is 10.1 Å². The van der Waals surface area contributed by atoms with Crippen LogP contribution in [-0.2, 0) is 11.2 Å². The van der Waals surface area contributed by atoms with Gasteiger partial charge in [0.05, 0.1) is 6.04 Å². The number of benzene rings is 1. The molecule has 1 aliphatic rings. The molecule has 1 aromatic heterocycles. The third-order valence-electron chi connectivity index (χ3n) is 5.06. The van der Waals surface area contributed by atoms with E-state index in [-0.39, 0.29) is 24.5 Å². The molecule has 0 unspecified atom stereocenters. The predicted octanol–water partition coefficient (Wildman–Crippen LogP) is 3.86. The lowest BCUT2D eigenvalue weighted by Gasteiger charge is -2.37. The Morgan fingerprint density at radius 3 is 2.87 bits per heavy atom. The number of nitrogens with zero attached hydrogens (tertiary/aromatic N) is 2. The average Bonchev–Trinajstić information content (AvgIpc) is 3.25. The summed E-state index contributed by atoms with van der Waals surface area (Å²) < 4.78 is 6.01. The zero-order valence-electron chi connectivity index (χ0n) is 17.4. The molecule has 1 atom stereocenters. The Morgan fingerprint density at radius 1 is 1.33 bits per heavy atom. The zero-order valence-corrected chi connectivity index (χ0v) is 18.2. The Labute approximate surface area is 182 Å². The van der Waals surface area contributed by atoms with Gasteiger partial charge in [-0.1, -0.05) is 31.2 Å². The molecule has 1 N–H and O–H groups in total. The SMILES string of the molecule is C=CCN(CC(=O)N1CCc2sccc2[C@H]1COc1ccccc1)C(=O)NCCC. The fourth-order valence-electron chi connectivity index (χ4n) is 3.54. The Bertz CT molecular complexity index is 852. The summed E-state index contributed by atoms with van der Waals surface area (Å²) in [5, 5.41) is 4.91. The van der Waals surface area contributed by atoms with Crippen molar-refractivity contribution >= 4 is 23.3 Å². The second-order valence-electron chi connectivity index (χ2n) is 7.18. The van der Waals surface area contributed by atoms with Crippen LogP contribution in [0.15, 0.2) is 54.4 Å². The van der Waals surface area contributed by atoms with Crippen molar-refractivity contribution in [1.29, 1.82) is 0 Å². The number of thiophene rings is 1. The number of hydrogen-bond donors (Lipinski definition) is 1. The van der Waals surface area contributed by atoms with E-state index in [2.05, 4.69) is 23.3 Å². The summed E-state index contributed by atoms with van der Waals surface area (Å²) in [5.74, 6) is 0.696. The number of ether oxygens (including phenoxy) is 1. The lowest BCUT2D eigenvalue weighted by molar-refractivity contribution is -0.135. The summed E-state index contributed by atoms with van der Waals surface area (Å²) in [6, 6.07) is 11.3. The van der Waals surface area contributed by atoms with Crippen LogP contribution in [0.25, 0.3) is 0 Å². The molecular formula is C23H29N3O3S. The van der Waals surface area contributed by atoms with Crippen LogP contribution in [0.5, 0.6) is 5.75 Å². The number of carbonyl (C=O) groups is 2. The highest BCUT2D eigenvalue weighted by atomic mass is 32.1. The van der Waals surface area contributed by atoms with Gasteiger partial charge in [0.15, 0.2) is 0 Å². The molecule has 0 bridgehead atoms. The van der Waals surface area contributed by atoms with E-state index in [1.165, 1.54) is 9.78 Å². The molecule has 0 fully saturated rings. The predicted molar refractivity (Wildman–Crippen MR) is 120 cm³/mol. The van der Waals surface area contributed by atoms with Crippen LogP contribution >= 0.6 is 11.3 Å². The van der Waals surface area contributed by atoms with Crippen LogP contribution in [0.1, 0.15) is 29.8 Å². The minimum Gasteiger partial charge on any atom is -0.491 e. The first-order valence-corrected chi connectivity index (χ1v) is 11.2. The maximum absolute atomic E-state index is 13.2. The van der Waals surface area contributed by atoms with Gasteiger partial charge in [0.1, 0.15) is 18.9 Å². The maximum atomic E-state index is 13.2. The van der Waals surface area contributed by atoms with Gasteiger partial charge in [0, 0.05) is 24.5 Å². The smallest absolute Gasteiger partial charge is 0.318 e. The number of para-hydroxylation sites is 1. The summed E-state index contributed by atoms with van der Waals surface area (Å²) in [4.78, 5) is 30.3. The molecule has 30 heavy (non-hydrogen) atoms. The largest absolute Gasteiger partial charge is 0.491 e. The average molecular weight is 428 g/mol. The van der Waals surface area contributed by atoms with Gasteiger partial charge < -0.3 is 19.9 Å². The van der Waals surface area contributed by atoms with Gasteiger partial charge in [-0.15, -0.1) is 17.9 Å². The van der Waals surface area contributed by atoms with Crippen molar-refractivity contribution in [2.45, 2.75) is 25.8 Å². The molecule has 1 aliphatic heterocycles. The van der Waals surface area contributed by atoms with E-state index >= 15 is 0 Å². The topological polar surface area (TPSA) is 61.9 Å². The second-order valence-corrected chi connectivity index (χ2v) is 8.18. The van der Waals surface area contributed by atoms with Crippen molar-refractivity contribution in [3.05, 3.63) is 64.9 Å². The Kier molecular flexibility index (Phi) is 7.90. The summed E-state index contributed by atoms with van der Waals surface area (Å²) in [7, 11) is 0. The van der Waals surface area contributed by atoms with Crippen LogP contribution in [-0.4, -0.2) is 54.5 Å². The number of carbonyl (C=O) groups excluding carboxylic acids is 2. The van der Waals surface area contributed by atoms with Crippen LogP contribution in [0.3, 0.4) is 0 Å². The number of amides is 3. The van der Waals surface area contributed by atoms with Gasteiger partial charge in [-0.25, -0.2) is 4.79 Å². The minimum atomic E-state index is -0.240. The number of urea groups is 1. The molecule has 1 aromatic carbocycles. The Hall–Kier alpha value is -2.80. The first-order chi connectivity index (χ1) is 14.6. The standard InChI is InChI=1S/C23H29N3O3S/c1-3-12-24-23(28)25(13-4-2)16-22(27)26-14-10-21-19(11-15-30-21)20(26)17-29-18-8-6-5-7-9-18/h4-9,11,15,20H,2-3,10,12-14,16-17H2,1H3,(H,24,28)/t20-/m1/s1. The Balaban J connectivity index is 1.73. The molecule has 0 radical (unpaired) electrons. The second kappa shape index (κ2) is 10.8. The van der Waals surface area contributed by atoms with Crippen LogP contribution in [0.2, 0.25) is 0 Å². The van der Waals surface area contributed by atoms with E-state index < -0.39 is 0 Å². The molecule has 0 aliphatic carbocycles. The fraction of sp³-hybridized carbons (Fsp3) is 0.391. The normalized spacial score (nSPS) is 15.2. The van der Waals surface area contributed by atoms with Crippen molar-refractivity contribution < 1.29 is 14.3 Å². The molecule has 3 rings (SSSR count). The molecule has 2 heterocycles. The number of rotatable bonds is 9. The van der Waals surface area contributed by atoms with Gasteiger partial charge in [-0.05, 0) is 42.0 Å². The molecule has 0 saturated heterocycles. The first kappa shape index (κ1) is 21.9. The molecule has 3 amide bonds. The summed E-state index contributed by atoms with van der Waals surface area (Å²) in [5.41, 5.74) is 1.14. The van der Waals surface area contributed by atoms with E-state index in [0.717, 1.165) is 24.2 Å². The van der Waals surface area contributed by atoms with E-state index in [0.29, 0.717) is 26.2 Å². The van der Waals surface area contributed by atoms with Gasteiger partial charge >= 0.3 is 6.03 Å². The molecule has 0 saturated carbocycles. The highest BCUT2D eigenvalue weighted by molar-refractivity contribution is 7.10. The van der Waals surface area contributed by atoms with Crippen LogP contribution in [0.4, 0.5) is 4.79 Å². The monoisotopic (exact) mass is 427 g/mol. The van der Waals surface area contributed by atoms with E-state index in [1.54, 1.807) is 17.4 Å². The number of hydrogen-bond acceptors (Lipinski definition) is 4. The number of fused-ring (bicyclic) bond motifs is 1. The molecule has 7 heteroatoms. The molecule has 160 valence electrons. The quantitative estimate of drug-likeness (QED) is 0.618. The molecule has 6 nitrogen and oxygen atoms in total. The lowest BCUT2D eigenvalue weighted by Crippen LogP contribution is -2.50. The molecule has 0 spiro atoms. The maximum Gasteiger partial charge on any atom is 0.318 e. The number of nitrogens with one attached hydrogen (secondary N) is 1. The Morgan fingerprint density at radius 2 is 2.13 bits per heavy atom. The van der Waals surface area contributed by atoms with Gasteiger partial charge in [0.2, 0.25) is 5.91 Å². The van der Waals surface area contributed by atoms with Crippen molar-refractivity contribution in [2.24, 2.45) is 0 Å². The summed E-state index contributed by atoms with van der Waals surface area (Å²) in [6.07, 6.45) is 3.31. The highest BCUT2D eigenvalue weighted by Gasteiger charge is 2.33. The summed E-state index contributed by atoms with van der Waals surface area (Å²) >= 11 is 1.72. The lowest BCUT2D eigenvalue weighted by atomic mass is 10.0. The molecular weight excluding hydrogens is 398 g/mol. The van der Waals surface area contributed by atoms with Crippen LogP contribution in [0, 0.1) is 0 Å². The first-order valence-electron chi connectivity index (χ1n) is 10.3. The third kappa shape index (κ3) is 5.42. The van der Waals surface area contributed by atoms with Gasteiger partial charge in [-0.2, -0.15) is 0 Å². The van der Waals surface area contributed by atoms with Crippen molar-refractivity contribution in [3.8, 4) is 5.75 Å². The van der Waals surface area contributed by atoms with E-state index in [4.69, 9.17) is 4.74 Å². The van der Waals surface area contributed by atoms with E-state index in [9.17, 15) is 9.59 Å². The fourth-order valence-corrected chi connectivity index (χ4v) is 4.47. The molecule has 2 aromatic rings. The third-order valence-corrected chi connectivity index (χ3v) is 6.05.